The summed E-state index contributed by atoms with van der Waals surface area (Å²) in [4.78, 5) is 25.7. The van der Waals surface area contributed by atoms with Crippen molar-refractivity contribution in [3.05, 3.63) is 74.6 Å². The molecule has 0 radical (unpaired) electrons. The topological polar surface area (TPSA) is 76.0 Å². The van der Waals surface area contributed by atoms with Gasteiger partial charge in [-0.05, 0) is 51.3 Å². The lowest BCUT2D eigenvalue weighted by molar-refractivity contribution is -0.125. The number of halogens is 3. The highest BCUT2D eigenvalue weighted by Crippen LogP contribution is 2.50. The Hall–Kier alpha value is -2.71. The fourth-order valence-corrected chi connectivity index (χ4v) is 4.49. The van der Waals surface area contributed by atoms with Gasteiger partial charge >= 0.3 is 0 Å². The third-order valence-corrected chi connectivity index (χ3v) is 6.24. The molecule has 6 nitrogen and oxygen atoms in total. The number of nitrogens with zero attached hydrogens (tertiary/aromatic N) is 2. The van der Waals surface area contributed by atoms with Crippen LogP contribution in [0.1, 0.15) is 23.1 Å². The Balaban J connectivity index is 1.65. The van der Waals surface area contributed by atoms with E-state index in [1.165, 1.54) is 6.07 Å². The standard InChI is InChI=1S/C20H13BrClFN4O2/c21-14-5-12-16(6-15(14)23)25-19(29)20(12)7-17(28)26-18-13(20)8-24-27(18)9-10-1-3-11(22)4-2-10/h1-6,8H,7,9H2,(H,25,29)(H,26,28). The van der Waals surface area contributed by atoms with Gasteiger partial charge in [-0.25, -0.2) is 9.07 Å². The van der Waals surface area contributed by atoms with E-state index in [0.717, 1.165) is 5.56 Å². The number of hydrogen-bond donors (Lipinski definition) is 2. The van der Waals surface area contributed by atoms with Crippen molar-refractivity contribution in [1.29, 1.82) is 0 Å². The van der Waals surface area contributed by atoms with E-state index in [9.17, 15) is 14.0 Å². The third-order valence-electron chi connectivity index (χ3n) is 5.38. The monoisotopic (exact) mass is 474 g/mol. The van der Waals surface area contributed by atoms with Gasteiger partial charge in [0.25, 0.3) is 0 Å². The van der Waals surface area contributed by atoms with Crippen LogP contribution in [0.2, 0.25) is 5.02 Å². The molecule has 1 atom stereocenters. The smallest absolute Gasteiger partial charge is 0.240 e. The highest BCUT2D eigenvalue weighted by Gasteiger charge is 2.54. The summed E-state index contributed by atoms with van der Waals surface area (Å²) in [6, 6.07) is 10.1. The molecular formula is C20H13BrClFN4O2. The summed E-state index contributed by atoms with van der Waals surface area (Å²) in [5, 5.41) is 10.6. The van der Waals surface area contributed by atoms with Gasteiger partial charge in [-0.3, -0.25) is 9.59 Å². The van der Waals surface area contributed by atoms with Crippen molar-refractivity contribution >= 4 is 50.9 Å². The Morgan fingerprint density at radius 1 is 1.17 bits per heavy atom. The number of carbonyl (C=O) groups excluding carboxylic acids is 2. The van der Waals surface area contributed by atoms with Gasteiger partial charge in [0.15, 0.2) is 0 Å². The third kappa shape index (κ3) is 2.70. The summed E-state index contributed by atoms with van der Waals surface area (Å²) in [7, 11) is 0. The Labute approximate surface area is 178 Å². The largest absolute Gasteiger partial charge is 0.325 e. The number of benzene rings is 2. The molecule has 0 saturated carbocycles. The van der Waals surface area contributed by atoms with E-state index in [-0.39, 0.29) is 22.7 Å². The van der Waals surface area contributed by atoms with Gasteiger partial charge in [0.1, 0.15) is 17.1 Å². The second kappa shape index (κ2) is 6.40. The molecule has 0 aliphatic carbocycles. The van der Waals surface area contributed by atoms with Crippen LogP contribution in [0.25, 0.3) is 0 Å². The lowest BCUT2D eigenvalue weighted by Crippen LogP contribution is -2.43. The molecule has 2 N–H and O–H groups in total. The van der Waals surface area contributed by atoms with Crippen molar-refractivity contribution in [2.75, 3.05) is 10.6 Å². The maximum atomic E-state index is 14.0. The lowest BCUT2D eigenvalue weighted by Gasteiger charge is -2.31. The summed E-state index contributed by atoms with van der Waals surface area (Å²) >= 11 is 9.13. The number of anilines is 2. The molecule has 0 saturated heterocycles. The number of aromatic nitrogens is 2. The van der Waals surface area contributed by atoms with Gasteiger partial charge in [-0.15, -0.1) is 0 Å². The number of hydrogen-bond acceptors (Lipinski definition) is 3. The van der Waals surface area contributed by atoms with Gasteiger partial charge in [0.2, 0.25) is 11.8 Å². The second-order valence-corrected chi connectivity index (χ2v) is 8.38. The molecule has 1 spiro atoms. The van der Waals surface area contributed by atoms with Gasteiger partial charge in [-0.1, -0.05) is 23.7 Å². The molecule has 1 unspecified atom stereocenters. The summed E-state index contributed by atoms with van der Waals surface area (Å²) in [6.45, 7) is 0.393. The SMILES string of the molecule is O=C1CC2(C(=O)Nc3cc(F)c(Br)cc32)c2cnn(Cc3ccc(Cl)cc3)c2N1. The van der Waals surface area contributed by atoms with E-state index in [4.69, 9.17) is 11.6 Å². The molecule has 29 heavy (non-hydrogen) atoms. The molecule has 2 aliphatic heterocycles. The zero-order valence-corrected chi connectivity index (χ0v) is 17.1. The number of fused-ring (bicyclic) bond motifs is 4. The Morgan fingerprint density at radius 2 is 1.93 bits per heavy atom. The zero-order chi connectivity index (χ0) is 20.3. The predicted molar refractivity (Wildman–Crippen MR) is 110 cm³/mol. The Kier molecular flexibility index (Phi) is 4.04. The molecule has 0 fully saturated rings. The van der Waals surface area contributed by atoms with Crippen LogP contribution in [-0.4, -0.2) is 21.6 Å². The van der Waals surface area contributed by atoms with E-state index < -0.39 is 11.2 Å². The number of amides is 2. The lowest BCUT2D eigenvalue weighted by atomic mass is 9.72. The van der Waals surface area contributed by atoms with Crippen molar-refractivity contribution in [2.24, 2.45) is 0 Å². The first-order chi connectivity index (χ1) is 13.9. The maximum absolute atomic E-state index is 14.0. The maximum Gasteiger partial charge on any atom is 0.240 e. The van der Waals surface area contributed by atoms with Crippen molar-refractivity contribution < 1.29 is 14.0 Å². The Morgan fingerprint density at radius 3 is 2.69 bits per heavy atom. The quantitative estimate of drug-likeness (QED) is 0.587. The van der Waals surface area contributed by atoms with E-state index in [2.05, 4.69) is 31.7 Å². The summed E-state index contributed by atoms with van der Waals surface area (Å²) < 4.78 is 15.9. The minimum atomic E-state index is -1.25. The normalized spacial score (nSPS) is 19.7. The highest BCUT2D eigenvalue weighted by atomic mass is 79.9. The molecule has 2 aromatic carbocycles. The Bertz CT molecular complexity index is 1190. The second-order valence-electron chi connectivity index (χ2n) is 7.09. The molecule has 3 aromatic rings. The average Bonchev–Trinajstić information content (AvgIpc) is 3.18. The first-order valence-electron chi connectivity index (χ1n) is 8.80. The summed E-state index contributed by atoms with van der Waals surface area (Å²) in [6.07, 6.45) is 1.51. The van der Waals surface area contributed by atoms with Crippen LogP contribution < -0.4 is 10.6 Å². The van der Waals surface area contributed by atoms with Gasteiger partial charge in [-0.2, -0.15) is 5.10 Å². The minimum absolute atomic E-state index is 0.0798. The first kappa shape index (κ1) is 18.3. The van der Waals surface area contributed by atoms with Crippen molar-refractivity contribution in [3.63, 3.8) is 0 Å². The van der Waals surface area contributed by atoms with Crippen LogP contribution >= 0.6 is 27.5 Å². The number of nitrogens with one attached hydrogen (secondary N) is 2. The fraction of sp³-hybridized carbons (Fsp3) is 0.150. The van der Waals surface area contributed by atoms with Crippen LogP contribution in [0.15, 0.2) is 47.1 Å². The molecule has 9 heteroatoms. The van der Waals surface area contributed by atoms with Gasteiger partial charge in [0.05, 0.1) is 17.2 Å². The van der Waals surface area contributed by atoms with E-state index >= 15 is 0 Å². The van der Waals surface area contributed by atoms with E-state index in [0.29, 0.717) is 34.2 Å². The molecule has 2 aliphatic rings. The highest BCUT2D eigenvalue weighted by molar-refractivity contribution is 9.10. The van der Waals surface area contributed by atoms with Crippen LogP contribution in [0.4, 0.5) is 15.9 Å². The van der Waals surface area contributed by atoms with Gasteiger partial charge < -0.3 is 10.6 Å². The molecule has 146 valence electrons. The molecule has 2 amide bonds. The molecule has 3 heterocycles. The molecule has 1 aromatic heterocycles. The van der Waals surface area contributed by atoms with Crippen molar-refractivity contribution in [3.8, 4) is 0 Å². The average molecular weight is 476 g/mol. The minimum Gasteiger partial charge on any atom is -0.325 e. The van der Waals surface area contributed by atoms with E-state index in [1.54, 1.807) is 29.1 Å². The van der Waals surface area contributed by atoms with Crippen LogP contribution in [0.5, 0.6) is 0 Å². The molecular weight excluding hydrogens is 463 g/mol. The van der Waals surface area contributed by atoms with E-state index in [1.807, 2.05) is 12.1 Å². The predicted octanol–water partition coefficient (Wildman–Crippen LogP) is 4.07. The van der Waals surface area contributed by atoms with Gasteiger partial charge in [0, 0.05) is 22.7 Å². The van der Waals surface area contributed by atoms with Crippen LogP contribution in [-0.2, 0) is 21.5 Å². The number of rotatable bonds is 2. The molecule has 5 rings (SSSR count). The van der Waals surface area contributed by atoms with Crippen LogP contribution in [0, 0.1) is 5.82 Å². The summed E-state index contributed by atoms with van der Waals surface area (Å²) in [5.74, 6) is -0.703. The fourth-order valence-electron chi connectivity index (χ4n) is 4.02. The van der Waals surface area contributed by atoms with Crippen molar-refractivity contribution in [1.82, 2.24) is 9.78 Å². The molecule has 0 bridgehead atoms. The van der Waals surface area contributed by atoms with Crippen LogP contribution in [0.3, 0.4) is 0 Å². The first-order valence-corrected chi connectivity index (χ1v) is 9.97. The number of carbonyl (C=O) groups is 2. The van der Waals surface area contributed by atoms with Crippen molar-refractivity contribution in [2.45, 2.75) is 18.4 Å². The zero-order valence-electron chi connectivity index (χ0n) is 14.8. The summed E-state index contributed by atoms with van der Waals surface area (Å²) in [5.41, 5.74) is 1.19.